The van der Waals surface area contributed by atoms with E-state index in [2.05, 4.69) is 6.92 Å². The van der Waals surface area contributed by atoms with Crippen molar-refractivity contribution in [3.05, 3.63) is 0 Å². The van der Waals surface area contributed by atoms with Crippen LogP contribution in [0.5, 0.6) is 0 Å². The zero-order chi connectivity index (χ0) is 12.2. The first-order valence-corrected chi connectivity index (χ1v) is 5.68. The molecule has 96 valence electrons. The van der Waals surface area contributed by atoms with Crippen LogP contribution in [0.4, 0.5) is 0 Å². The highest BCUT2D eigenvalue weighted by Gasteiger charge is 2.08. The Morgan fingerprint density at radius 2 is 1.69 bits per heavy atom. The van der Waals surface area contributed by atoms with Gasteiger partial charge in [0, 0.05) is 6.61 Å². The van der Waals surface area contributed by atoms with E-state index < -0.39 is 12.1 Å². The van der Waals surface area contributed by atoms with E-state index in [0.29, 0.717) is 19.8 Å². The van der Waals surface area contributed by atoms with Crippen LogP contribution in [0.2, 0.25) is 0 Å². The third-order valence-electron chi connectivity index (χ3n) is 1.83. The van der Waals surface area contributed by atoms with E-state index in [9.17, 15) is 4.79 Å². The summed E-state index contributed by atoms with van der Waals surface area (Å²) in [7, 11) is 0. The number of carbonyl (C=O) groups excluding carboxylic acids is 1. The number of rotatable bonds is 10. The van der Waals surface area contributed by atoms with Gasteiger partial charge in [-0.2, -0.15) is 0 Å². The minimum atomic E-state index is -1.07. The fourth-order valence-corrected chi connectivity index (χ4v) is 0.890. The van der Waals surface area contributed by atoms with Crippen molar-refractivity contribution in [1.29, 1.82) is 0 Å². The van der Waals surface area contributed by atoms with Crippen molar-refractivity contribution in [1.82, 2.24) is 0 Å². The summed E-state index contributed by atoms with van der Waals surface area (Å²) in [6, 6.07) is 0. The number of ether oxygens (including phenoxy) is 3. The molecule has 0 aromatic rings. The van der Waals surface area contributed by atoms with Crippen LogP contribution in [0, 0.1) is 0 Å². The lowest BCUT2D eigenvalue weighted by molar-refractivity contribution is -0.154. The van der Waals surface area contributed by atoms with Crippen molar-refractivity contribution < 1.29 is 24.1 Å². The Labute approximate surface area is 96.7 Å². The lowest BCUT2D eigenvalue weighted by Crippen LogP contribution is -2.21. The first kappa shape index (κ1) is 15.3. The highest BCUT2D eigenvalue weighted by molar-refractivity contribution is 5.73. The Morgan fingerprint density at radius 3 is 2.25 bits per heavy atom. The fraction of sp³-hybridized carbons (Fsp3) is 0.909. The molecule has 0 aliphatic heterocycles. The topological polar surface area (TPSA) is 65.0 Å². The standard InChI is InChI=1S/C11H22O5/c1-3-4-5-14-6-7-15-8-9-16-11(13)10(2)12/h10,12H,3-9H2,1-2H3/t10-/m0/s1. The van der Waals surface area contributed by atoms with Crippen molar-refractivity contribution in [2.45, 2.75) is 32.8 Å². The van der Waals surface area contributed by atoms with Gasteiger partial charge in [-0.3, -0.25) is 0 Å². The zero-order valence-corrected chi connectivity index (χ0v) is 10.1. The quantitative estimate of drug-likeness (QED) is 0.446. The van der Waals surface area contributed by atoms with Gasteiger partial charge in [-0.05, 0) is 13.3 Å². The van der Waals surface area contributed by atoms with Crippen molar-refractivity contribution in [2.75, 3.05) is 33.0 Å². The van der Waals surface area contributed by atoms with Crippen molar-refractivity contribution in [3.8, 4) is 0 Å². The van der Waals surface area contributed by atoms with Gasteiger partial charge in [0.05, 0.1) is 19.8 Å². The average Bonchev–Trinajstić information content (AvgIpc) is 2.26. The van der Waals surface area contributed by atoms with Gasteiger partial charge in [-0.25, -0.2) is 4.79 Å². The second-order valence-electron chi connectivity index (χ2n) is 3.42. The number of unbranched alkanes of at least 4 members (excludes halogenated alkanes) is 1. The highest BCUT2D eigenvalue weighted by Crippen LogP contribution is 1.89. The summed E-state index contributed by atoms with van der Waals surface area (Å²) in [5, 5.41) is 8.81. The number of aliphatic hydroxyl groups excluding tert-OH is 1. The molecule has 0 saturated heterocycles. The van der Waals surface area contributed by atoms with E-state index in [4.69, 9.17) is 19.3 Å². The normalized spacial score (nSPS) is 12.4. The van der Waals surface area contributed by atoms with Crippen LogP contribution in [0.15, 0.2) is 0 Å². The van der Waals surface area contributed by atoms with E-state index in [1.165, 1.54) is 6.92 Å². The van der Waals surface area contributed by atoms with Crippen LogP contribution in [0.25, 0.3) is 0 Å². The minimum Gasteiger partial charge on any atom is -0.461 e. The molecule has 16 heavy (non-hydrogen) atoms. The van der Waals surface area contributed by atoms with Gasteiger partial charge in [0.15, 0.2) is 0 Å². The molecule has 0 fully saturated rings. The number of hydrogen-bond donors (Lipinski definition) is 1. The molecule has 0 aliphatic rings. The maximum Gasteiger partial charge on any atom is 0.334 e. The number of hydrogen-bond acceptors (Lipinski definition) is 5. The fourth-order valence-electron chi connectivity index (χ4n) is 0.890. The van der Waals surface area contributed by atoms with E-state index >= 15 is 0 Å². The Kier molecular flexibility index (Phi) is 10.4. The maximum absolute atomic E-state index is 10.8. The molecular weight excluding hydrogens is 212 g/mol. The monoisotopic (exact) mass is 234 g/mol. The first-order chi connectivity index (χ1) is 7.68. The Bertz CT molecular complexity index is 170. The molecule has 0 aromatic carbocycles. The minimum absolute atomic E-state index is 0.165. The predicted molar refractivity (Wildman–Crippen MR) is 59.2 cm³/mol. The summed E-state index contributed by atoms with van der Waals surface area (Å²) in [6.45, 7) is 5.78. The van der Waals surface area contributed by atoms with Gasteiger partial charge in [-0.15, -0.1) is 0 Å². The first-order valence-electron chi connectivity index (χ1n) is 5.68. The molecule has 0 unspecified atom stereocenters. The SMILES string of the molecule is CCCCOCCOCCOC(=O)[C@H](C)O. The molecule has 1 atom stereocenters. The van der Waals surface area contributed by atoms with Gasteiger partial charge in [0.1, 0.15) is 12.7 Å². The van der Waals surface area contributed by atoms with Crippen LogP contribution < -0.4 is 0 Å². The van der Waals surface area contributed by atoms with Crippen molar-refractivity contribution in [2.24, 2.45) is 0 Å². The second-order valence-corrected chi connectivity index (χ2v) is 3.42. The lowest BCUT2D eigenvalue weighted by atomic mass is 10.4. The smallest absolute Gasteiger partial charge is 0.334 e. The van der Waals surface area contributed by atoms with Gasteiger partial charge in [-0.1, -0.05) is 13.3 Å². The van der Waals surface area contributed by atoms with E-state index in [1.54, 1.807) is 0 Å². The molecule has 0 amide bonds. The Balaban J connectivity index is 3.07. The van der Waals surface area contributed by atoms with Crippen molar-refractivity contribution in [3.63, 3.8) is 0 Å². The Hall–Kier alpha value is -0.650. The van der Waals surface area contributed by atoms with Crippen LogP contribution in [0.3, 0.4) is 0 Å². The summed E-state index contributed by atoms with van der Waals surface area (Å²) >= 11 is 0. The van der Waals surface area contributed by atoms with E-state index in [-0.39, 0.29) is 6.61 Å². The van der Waals surface area contributed by atoms with Gasteiger partial charge >= 0.3 is 5.97 Å². The molecular formula is C11H22O5. The molecule has 0 radical (unpaired) electrons. The van der Waals surface area contributed by atoms with Gasteiger partial charge in [0.25, 0.3) is 0 Å². The third-order valence-corrected chi connectivity index (χ3v) is 1.83. The number of carbonyl (C=O) groups is 1. The molecule has 0 aliphatic carbocycles. The molecule has 1 N–H and O–H groups in total. The molecule has 0 spiro atoms. The third kappa shape index (κ3) is 9.89. The lowest BCUT2D eigenvalue weighted by Gasteiger charge is -2.07. The molecule has 0 bridgehead atoms. The molecule has 5 nitrogen and oxygen atoms in total. The van der Waals surface area contributed by atoms with Crippen LogP contribution in [-0.2, 0) is 19.0 Å². The largest absolute Gasteiger partial charge is 0.461 e. The predicted octanol–water partition coefficient (Wildman–Crippen LogP) is 0.744. The summed E-state index contributed by atoms with van der Waals surface area (Å²) < 4.78 is 15.1. The molecule has 0 heterocycles. The van der Waals surface area contributed by atoms with E-state index in [0.717, 1.165) is 19.4 Å². The maximum atomic E-state index is 10.8. The van der Waals surface area contributed by atoms with Crippen LogP contribution >= 0.6 is 0 Å². The summed E-state index contributed by atoms with van der Waals surface area (Å²) in [5.74, 6) is -0.622. The summed E-state index contributed by atoms with van der Waals surface area (Å²) in [6.07, 6.45) is 1.11. The number of aliphatic hydroxyl groups is 1. The molecule has 0 rings (SSSR count). The summed E-state index contributed by atoms with van der Waals surface area (Å²) in [5.41, 5.74) is 0. The van der Waals surface area contributed by atoms with Gasteiger partial charge < -0.3 is 19.3 Å². The molecule has 0 aromatic heterocycles. The van der Waals surface area contributed by atoms with Crippen molar-refractivity contribution >= 4 is 5.97 Å². The molecule has 5 heteroatoms. The van der Waals surface area contributed by atoms with Gasteiger partial charge in [0.2, 0.25) is 0 Å². The average molecular weight is 234 g/mol. The van der Waals surface area contributed by atoms with Crippen LogP contribution in [0.1, 0.15) is 26.7 Å². The molecule has 0 saturated carbocycles. The van der Waals surface area contributed by atoms with Crippen LogP contribution in [-0.4, -0.2) is 50.2 Å². The summed E-state index contributed by atoms with van der Waals surface area (Å²) in [4.78, 5) is 10.8. The Morgan fingerprint density at radius 1 is 1.12 bits per heavy atom. The van der Waals surface area contributed by atoms with E-state index in [1.807, 2.05) is 0 Å². The number of esters is 1. The highest BCUT2D eigenvalue weighted by atomic mass is 16.6. The zero-order valence-electron chi connectivity index (χ0n) is 10.1. The second kappa shape index (κ2) is 10.9.